The molecule has 0 N–H and O–H groups in total. The van der Waals surface area contributed by atoms with Gasteiger partial charge in [-0.15, -0.1) is 0 Å². The molecule has 1 aromatic rings. The van der Waals surface area contributed by atoms with Gasteiger partial charge >= 0.3 is 0 Å². The number of pyridine rings is 1. The van der Waals surface area contributed by atoms with Crippen LogP contribution in [0.4, 0.5) is 0 Å². The number of aromatic nitrogens is 1. The van der Waals surface area contributed by atoms with Crippen LogP contribution in [0.25, 0.3) is 0 Å². The highest BCUT2D eigenvalue weighted by molar-refractivity contribution is 5.94. The first-order valence-electron chi connectivity index (χ1n) is 8.42. The molecule has 5 heteroatoms. The Labute approximate surface area is 138 Å². The lowest BCUT2D eigenvalue weighted by atomic mass is 9.63. The Morgan fingerprint density at radius 2 is 2.13 bits per heavy atom. The molecule has 1 amide bonds. The number of aryl methyl sites for hydroxylation is 1. The lowest BCUT2D eigenvalue weighted by molar-refractivity contribution is -0.140. The molecule has 5 nitrogen and oxygen atoms in total. The van der Waals surface area contributed by atoms with Gasteiger partial charge < -0.3 is 14.2 Å². The molecule has 1 aromatic heterocycles. The summed E-state index contributed by atoms with van der Waals surface area (Å²) in [7, 11) is 1.68. The van der Waals surface area contributed by atoms with E-state index in [0.29, 0.717) is 18.7 Å². The number of hydrogen-bond donors (Lipinski definition) is 0. The Morgan fingerprint density at radius 3 is 2.65 bits per heavy atom. The van der Waals surface area contributed by atoms with Crippen molar-refractivity contribution >= 4 is 5.91 Å². The van der Waals surface area contributed by atoms with Crippen molar-refractivity contribution in [1.29, 1.82) is 0 Å². The zero-order valence-corrected chi connectivity index (χ0v) is 14.8. The van der Waals surface area contributed by atoms with Crippen LogP contribution in [0.3, 0.4) is 0 Å². The summed E-state index contributed by atoms with van der Waals surface area (Å²) in [5, 5.41) is 0. The molecule has 0 aromatic carbocycles. The van der Waals surface area contributed by atoms with Crippen LogP contribution in [0.15, 0.2) is 23.1 Å². The van der Waals surface area contributed by atoms with Crippen molar-refractivity contribution in [2.45, 2.75) is 52.7 Å². The summed E-state index contributed by atoms with van der Waals surface area (Å²) in [5.74, 6) is -0.0578. The minimum absolute atomic E-state index is 0.0578. The van der Waals surface area contributed by atoms with Crippen LogP contribution in [0, 0.1) is 5.41 Å². The second kappa shape index (κ2) is 6.87. The molecule has 128 valence electrons. The fourth-order valence-corrected chi connectivity index (χ4v) is 3.36. The summed E-state index contributed by atoms with van der Waals surface area (Å²) in [5.41, 5.74) is 0.241. The molecule has 0 aliphatic heterocycles. The second-order valence-electron chi connectivity index (χ2n) is 6.88. The van der Waals surface area contributed by atoms with Crippen molar-refractivity contribution in [3.8, 4) is 0 Å². The molecule has 0 radical (unpaired) electrons. The third-order valence-corrected chi connectivity index (χ3v) is 4.95. The van der Waals surface area contributed by atoms with Crippen LogP contribution in [0.5, 0.6) is 0 Å². The number of carbonyl (C=O) groups excluding carboxylic acids is 1. The van der Waals surface area contributed by atoms with Crippen molar-refractivity contribution in [2.24, 2.45) is 12.5 Å². The number of carbonyl (C=O) groups is 1. The standard InChI is InChI=1S/C18H28N2O3/c1-6-9-20(14-12-15(23-7-2)18(14,3)4)17(22)13-8-10-19(5)16(21)11-13/h8,10-11,14-15H,6-7,9,12H2,1-5H3/t14-,15-/m1/s1. The topological polar surface area (TPSA) is 51.5 Å². The van der Waals surface area contributed by atoms with Gasteiger partial charge in [-0.1, -0.05) is 20.8 Å². The van der Waals surface area contributed by atoms with E-state index in [2.05, 4.69) is 20.8 Å². The summed E-state index contributed by atoms with van der Waals surface area (Å²) in [6, 6.07) is 3.30. The van der Waals surface area contributed by atoms with Crippen LogP contribution in [0.1, 0.15) is 50.9 Å². The maximum atomic E-state index is 12.9. The second-order valence-corrected chi connectivity index (χ2v) is 6.88. The fourth-order valence-electron chi connectivity index (χ4n) is 3.36. The molecular weight excluding hydrogens is 292 g/mol. The average molecular weight is 320 g/mol. The van der Waals surface area contributed by atoms with Gasteiger partial charge in [0.25, 0.3) is 11.5 Å². The first kappa shape index (κ1) is 17.7. The molecule has 23 heavy (non-hydrogen) atoms. The predicted octanol–water partition coefficient (Wildman–Crippen LogP) is 2.44. The SMILES string of the molecule is CCCN(C(=O)c1ccn(C)c(=O)c1)[C@@H]1C[C@@H](OCC)C1(C)C. The molecule has 0 bridgehead atoms. The van der Waals surface area contributed by atoms with E-state index < -0.39 is 0 Å². The summed E-state index contributed by atoms with van der Waals surface area (Å²) >= 11 is 0. The Kier molecular flexibility index (Phi) is 5.30. The van der Waals surface area contributed by atoms with Gasteiger partial charge in [0, 0.05) is 49.5 Å². The maximum Gasteiger partial charge on any atom is 0.254 e. The number of ether oxygens (including phenoxy) is 1. The molecular formula is C18H28N2O3. The van der Waals surface area contributed by atoms with Gasteiger partial charge in [-0.25, -0.2) is 0 Å². The molecule has 0 unspecified atom stereocenters. The van der Waals surface area contributed by atoms with Crippen LogP contribution >= 0.6 is 0 Å². The molecule has 1 saturated carbocycles. The first-order chi connectivity index (χ1) is 10.8. The van der Waals surface area contributed by atoms with E-state index in [-0.39, 0.29) is 29.0 Å². The van der Waals surface area contributed by atoms with E-state index >= 15 is 0 Å². The van der Waals surface area contributed by atoms with Crippen LogP contribution in [-0.2, 0) is 11.8 Å². The smallest absolute Gasteiger partial charge is 0.254 e. The van der Waals surface area contributed by atoms with E-state index in [1.54, 1.807) is 19.3 Å². The van der Waals surface area contributed by atoms with E-state index in [1.165, 1.54) is 10.6 Å². The predicted molar refractivity (Wildman–Crippen MR) is 90.6 cm³/mol. The number of nitrogens with zero attached hydrogens (tertiary/aromatic N) is 2. The van der Waals surface area contributed by atoms with Gasteiger partial charge in [0.15, 0.2) is 0 Å². The molecule has 1 heterocycles. The van der Waals surface area contributed by atoms with Crippen LogP contribution < -0.4 is 5.56 Å². The van der Waals surface area contributed by atoms with E-state index in [0.717, 1.165) is 12.8 Å². The zero-order chi connectivity index (χ0) is 17.2. The Balaban J connectivity index is 2.23. The third-order valence-electron chi connectivity index (χ3n) is 4.95. The molecule has 2 rings (SSSR count). The minimum Gasteiger partial charge on any atom is -0.378 e. The van der Waals surface area contributed by atoms with Crippen LogP contribution in [-0.4, -0.2) is 40.7 Å². The van der Waals surface area contributed by atoms with E-state index in [1.807, 2.05) is 11.8 Å². The average Bonchev–Trinajstić information content (AvgIpc) is 2.51. The molecule has 0 saturated heterocycles. The Morgan fingerprint density at radius 1 is 1.43 bits per heavy atom. The third kappa shape index (κ3) is 3.34. The number of rotatable bonds is 6. The molecule has 1 aliphatic rings. The monoisotopic (exact) mass is 320 g/mol. The lowest BCUT2D eigenvalue weighted by Gasteiger charge is -2.55. The largest absolute Gasteiger partial charge is 0.378 e. The molecule has 0 spiro atoms. The van der Waals surface area contributed by atoms with Crippen LogP contribution in [0.2, 0.25) is 0 Å². The molecule has 1 aliphatic carbocycles. The Bertz CT molecular complexity index is 621. The van der Waals surface area contributed by atoms with Crippen molar-refractivity contribution in [2.75, 3.05) is 13.2 Å². The number of hydrogen-bond acceptors (Lipinski definition) is 3. The van der Waals surface area contributed by atoms with Crippen molar-refractivity contribution < 1.29 is 9.53 Å². The summed E-state index contributed by atoms with van der Waals surface area (Å²) < 4.78 is 7.25. The Hall–Kier alpha value is -1.62. The van der Waals surface area contributed by atoms with Crippen molar-refractivity contribution in [3.05, 3.63) is 34.2 Å². The fraction of sp³-hybridized carbons (Fsp3) is 0.667. The van der Waals surface area contributed by atoms with E-state index in [4.69, 9.17) is 4.74 Å². The van der Waals surface area contributed by atoms with Gasteiger partial charge in [0.1, 0.15) is 0 Å². The summed E-state index contributed by atoms with van der Waals surface area (Å²) in [6.45, 7) is 9.76. The lowest BCUT2D eigenvalue weighted by Crippen LogP contribution is -2.63. The highest BCUT2D eigenvalue weighted by atomic mass is 16.5. The molecule has 2 atom stereocenters. The van der Waals surface area contributed by atoms with Gasteiger partial charge in [0.05, 0.1) is 6.10 Å². The van der Waals surface area contributed by atoms with E-state index in [9.17, 15) is 9.59 Å². The quantitative estimate of drug-likeness (QED) is 0.809. The van der Waals surface area contributed by atoms with Gasteiger partial charge in [-0.05, 0) is 25.8 Å². The maximum absolute atomic E-state index is 12.9. The van der Waals surface area contributed by atoms with Gasteiger partial charge in [-0.2, -0.15) is 0 Å². The first-order valence-corrected chi connectivity index (χ1v) is 8.42. The minimum atomic E-state index is -0.160. The summed E-state index contributed by atoms with van der Waals surface area (Å²) in [6.07, 6.45) is 3.59. The highest BCUT2D eigenvalue weighted by Crippen LogP contribution is 2.46. The van der Waals surface area contributed by atoms with Gasteiger partial charge in [0.2, 0.25) is 0 Å². The van der Waals surface area contributed by atoms with Gasteiger partial charge in [-0.3, -0.25) is 9.59 Å². The van der Waals surface area contributed by atoms with Crippen molar-refractivity contribution in [1.82, 2.24) is 9.47 Å². The molecule has 1 fully saturated rings. The van der Waals surface area contributed by atoms with Crippen molar-refractivity contribution in [3.63, 3.8) is 0 Å². The highest BCUT2D eigenvalue weighted by Gasteiger charge is 2.52. The summed E-state index contributed by atoms with van der Waals surface area (Å²) in [4.78, 5) is 26.7. The normalized spacial score (nSPS) is 22.5. The zero-order valence-electron chi connectivity index (χ0n) is 14.8. The number of amides is 1.